The van der Waals surface area contributed by atoms with Gasteiger partial charge in [-0.05, 0) is 26.8 Å². The molecule has 4 nitrogen and oxygen atoms in total. The molecule has 1 heterocycles. The van der Waals surface area contributed by atoms with Gasteiger partial charge >= 0.3 is 0 Å². The third-order valence-corrected chi connectivity index (χ3v) is 3.70. The summed E-state index contributed by atoms with van der Waals surface area (Å²) in [5.74, 6) is -0.437. The van der Waals surface area contributed by atoms with Crippen LogP contribution >= 0.6 is 0 Å². The molecule has 0 aliphatic carbocycles. The molecule has 0 radical (unpaired) electrons. The highest BCUT2D eigenvalue weighted by Crippen LogP contribution is 2.22. The van der Waals surface area contributed by atoms with Crippen LogP contribution in [0, 0.1) is 23.2 Å². The standard InChI is InChI=1S/C13H23N3O/c1-10(2)11(8-14)12(17)16-7-6-15(5)13(3,4)9-16/h10-11H,6-7,9H2,1-5H3. The molecule has 1 rings (SSSR count). The first kappa shape index (κ1) is 14.0. The molecule has 0 spiro atoms. The van der Waals surface area contributed by atoms with Gasteiger partial charge in [0.25, 0.3) is 0 Å². The van der Waals surface area contributed by atoms with Crippen LogP contribution in [0.1, 0.15) is 27.7 Å². The number of hydrogen-bond acceptors (Lipinski definition) is 3. The number of likely N-dealkylation sites (N-methyl/N-ethyl adjacent to an activating group) is 1. The molecule has 17 heavy (non-hydrogen) atoms. The van der Waals surface area contributed by atoms with Crippen LogP contribution in [0.4, 0.5) is 0 Å². The summed E-state index contributed by atoms with van der Waals surface area (Å²) in [7, 11) is 2.08. The van der Waals surface area contributed by atoms with E-state index >= 15 is 0 Å². The van der Waals surface area contributed by atoms with Crippen LogP contribution in [0.15, 0.2) is 0 Å². The fourth-order valence-electron chi connectivity index (χ4n) is 2.11. The SMILES string of the molecule is CC(C)C(C#N)C(=O)N1CCN(C)C(C)(C)C1. The first-order valence-corrected chi connectivity index (χ1v) is 6.19. The van der Waals surface area contributed by atoms with E-state index in [1.165, 1.54) is 0 Å². The average molecular weight is 237 g/mol. The summed E-state index contributed by atoms with van der Waals surface area (Å²) in [6.07, 6.45) is 0. The molecule has 1 amide bonds. The molecule has 0 saturated carbocycles. The summed E-state index contributed by atoms with van der Waals surface area (Å²) in [4.78, 5) is 16.3. The Morgan fingerprint density at radius 1 is 1.35 bits per heavy atom. The van der Waals surface area contributed by atoms with Crippen LogP contribution in [-0.2, 0) is 4.79 Å². The lowest BCUT2D eigenvalue weighted by Crippen LogP contribution is -2.59. The Bertz CT molecular complexity index is 330. The van der Waals surface area contributed by atoms with Crippen molar-refractivity contribution < 1.29 is 4.79 Å². The van der Waals surface area contributed by atoms with Gasteiger partial charge in [0.2, 0.25) is 5.91 Å². The first-order valence-electron chi connectivity index (χ1n) is 6.19. The first-order chi connectivity index (χ1) is 7.79. The summed E-state index contributed by atoms with van der Waals surface area (Å²) in [6.45, 7) is 10.4. The molecular weight excluding hydrogens is 214 g/mol. The molecule has 0 aromatic carbocycles. The summed E-state index contributed by atoms with van der Waals surface area (Å²) in [5, 5.41) is 9.07. The number of carbonyl (C=O) groups excluding carboxylic acids is 1. The number of rotatable bonds is 2. The van der Waals surface area contributed by atoms with Gasteiger partial charge in [-0.3, -0.25) is 9.69 Å². The van der Waals surface area contributed by atoms with E-state index in [9.17, 15) is 4.79 Å². The van der Waals surface area contributed by atoms with Crippen molar-refractivity contribution >= 4 is 5.91 Å². The Kier molecular flexibility index (Phi) is 4.16. The van der Waals surface area contributed by atoms with Gasteiger partial charge in [0, 0.05) is 25.2 Å². The second-order valence-electron chi connectivity index (χ2n) is 5.84. The predicted molar refractivity (Wildman–Crippen MR) is 67.2 cm³/mol. The van der Waals surface area contributed by atoms with Gasteiger partial charge in [-0.1, -0.05) is 13.8 Å². The van der Waals surface area contributed by atoms with Gasteiger partial charge in [0.15, 0.2) is 0 Å². The van der Waals surface area contributed by atoms with Crippen LogP contribution in [-0.4, -0.2) is 47.9 Å². The lowest BCUT2D eigenvalue weighted by atomic mass is 9.93. The highest BCUT2D eigenvalue weighted by atomic mass is 16.2. The summed E-state index contributed by atoms with van der Waals surface area (Å²) in [6, 6.07) is 2.13. The van der Waals surface area contributed by atoms with Crippen LogP contribution in [0.25, 0.3) is 0 Å². The summed E-state index contributed by atoms with van der Waals surface area (Å²) < 4.78 is 0. The molecule has 4 heteroatoms. The quantitative estimate of drug-likeness (QED) is 0.728. The van der Waals surface area contributed by atoms with Crippen molar-refractivity contribution in [1.82, 2.24) is 9.80 Å². The molecule has 0 aromatic heterocycles. The second-order valence-corrected chi connectivity index (χ2v) is 5.84. The molecule has 1 saturated heterocycles. The van der Waals surface area contributed by atoms with Crippen LogP contribution in [0.3, 0.4) is 0 Å². The van der Waals surface area contributed by atoms with E-state index in [0.29, 0.717) is 6.54 Å². The smallest absolute Gasteiger partial charge is 0.240 e. The fraction of sp³-hybridized carbons (Fsp3) is 0.846. The molecule has 0 aromatic rings. The van der Waals surface area contributed by atoms with Crippen molar-refractivity contribution in [2.45, 2.75) is 33.2 Å². The topological polar surface area (TPSA) is 47.3 Å². The van der Waals surface area contributed by atoms with Gasteiger partial charge < -0.3 is 4.90 Å². The van der Waals surface area contributed by atoms with Crippen LogP contribution in [0.2, 0.25) is 0 Å². The van der Waals surface area contributed by atoms with Crippen molar-refractivity contribution in [1.29, 1.82) is 5.26 Å². The third kappa shape index (κ3) is 2.98. The van der Waals surface area contributed by atoms with E-state index in [4.69, 9.17) is 5.26 Å². The average Bonchev–Trinajstić information content (AvgIpc) is 2.22. The molecule has 1 atom stereocenters. The second kappa shape index (κ2) is 5.05. The zero-order chi connectivity index (χ0) is 13.2. The van der Waals surface area contributed by atoms with E-state index in [2.05, 4.69) is 31.9 Å². The maximum absolute atomic E-state index is 12.3. The molecule has 1 aliphatic rings. The van der Waals surface area contributed by atoms with E-state index < -0.39 is 5.92 Å². The Hall–Kier alpha value is -1.08. The van der Waals surface area contributed by atoms with E-state index in [1.807, 2.05) is 18.7 Å². The molecule has 1 aliphatic heterocycles. The number of nitriles is 1. The Balaban J connectivity index is 2.75. The van der Waals surface area contributed by atoms with Crippen molar-refractivity contribution in [2.24, 2.45) is 11.8 Å². The van der Waals surface area contributed by atoms with E-state index in [0.717, 1.165) is 13.1 Å². The summed E-state index contributed by atoms with van der Waals surface area (Å²) in [5.41, 5.74) is -0.00903. The lowest BCUT2D eigenvalue weighted by Gasteiger charge is -2.45. The summed E-state index contributed by atoms with van der Waals surface area (Å²) >= 11 is 0. The zero-order valence-corrected chi connectivity index (χ0v) is 11.5. The molecule has 1 unspecified atom stereocenters. The Labute approximate surface area is 104 Å². The molecular formula is C13H23N3O. The number of carbonyl (C=O) groups is 1. The number of piperazine rings is 1. The van der Waals surface area contributed by atoms with Crippen LogP contribution < -0.4 is 0 Å². The highest BCUT2D eigenvalue weighted by Gasteiger charge is 2.36. The maximum atomic E-state index is 12.3. The fourth-order valence-corrected chi connectivity index (χ4v) is 2.11. The van der Waals surface area contributed by atoms with E-state index in [1.54, 1.807) is 0 Å². The predicted octanol–water partition coefficient (Wildman–Crippen LogP) is 1.33. The Morgan fingerprint density at radius 3 is 2.35 bits per heavy atom. The number of nitrogens with zero attached hydrogens (tertiary/aromatic N) is 3. The monoisotopic (exact) mass is 237 g/mol. The van der Waals surface area contributed by atoms with Gasteiger partial charge in [0.1, 0.15) is 5.92 Å². The lowest BCUT2D eigenvalue weighted by molar-refractivity contribution is -0.139. The molecule has 0 bridgehead atoms. The van der Waals surface area contributed by atoms with Gasteiger partial charge in [-0.2, -0.15) is 5.26 Å². The number of amides is 1. The van der Waals surface area contributed by atoms with Crippen molar-refractivity contribution in [3.8, 4) is 6.07 Å². The zero-order valence-electron chi connectivity index (χ0n) is 11.5. The minimum atomic E-state index is -0.505. The van der Waals surface area contributed by atoms with Gasteiger partial charge in [0.05, 0.1) is 6.07 Å². The van der Waals surface area contributed by atoms with Crippen molar-refractivity contribution in [3.63, 3.8) is 0 Å². The number of hydrogen-bond donors (Lipinski definition) is 0. The normalized spacial score (nSPS) is 22.3. The minimum Gasteiger partial charge on any atom is -0.338 e. The third-order valence-electron chi connectivity index (χ3n) is 3.70. The van der Waals surface area contributed by atoms with Crippen molar-refractivity contribution in [2.75, 3.05) is 26.7 Å². The molecule has 96 valence electrons. The highest BCUT2D eigenvalue weighted by molar-refractivity contribution is 5.81. The molecule has 0 N–H and O–H groups in total. The van der Waals surface area contributed by atoms with Gasteiger partial charge in [-0.15, -0.1) is 0 Å². The van der Waals surface area contributed by atoms with Gasteiger partial charge in [-0.25, -0.2) is 0 Å². The van der Waals surface area contributed by atoms with E-state index in [-0.39, 0.29) is 17.4 Å². The largest absolute Gasteiger partial charge is 0.338 e. The van der Waals surface area contributed by atoms with Crippen molar-refractivity contribution in [3.05, 3.63) is 0 Å². The molecule has 1 fully saturated rings. The Morgan fingerprint density at radius 2 is 1.94 bits per heavy atom. The maximum Gasteiger partial charge on any atom is 0.240 e. The minimum absolute atomic E-state index is 0.00903. The van der Waals surface area contributed by atoms with Crippen LogP contribution in [0.5, 0.6) is 0 Å².